The van der Waals surface area contributed by atoms with E-state index in [0.717, 1.165) is 4.88 Å². The first-order valence-electron chi connectivity index (χ1n) is 2.66. The molecular formula is C5H6N2O2S. The Morgan fingerprint density at radius 3 is 2.80 bits per heavy atom. The van der Waals surface area contributed by atoms with Gasteiger partial charge in [0.1, 0.15) is 0 Å². The Morgan fingerprint density at radius 2 is 2.50 bits per heavy atom. The smallest absolute Gasteiger partial charge is 0.280 e. The van der Waals surface area contributed by atoms with Crippen molar-refractivity contribution in [2.45, 2.75) is 6.54 Å². The lowest BCUT2D eigenvalue weighted by atomic mass is 10.4. The summed E-state index contributed by atoms with van der Waals surface area (Å²) >= 11 is 1.31. The molecule has 0 amide bonds. The largest absolute Gasteiger partial charge is 0.326 e. The van der Waals surface area contributed by atoms with Gasteiger partial charge in [-0.05, 0) is 0 Å². The van der Waals surface area contributed by atoms with E-state index in [2.05, 4.69) is 0 Å². The van der Waals surface area contributed by atoms with Crippen LogP contribution in [0.4, 0.5) is 5.69 Å². The summed E-state index contributed by atoms with van der Waals surface area (Å²) in [7, 11) is 0. The van der Waals surface area contributed by atoms with Crippen molar-refractivity contribution in [1.82, 2.24) is 0 Å². The van der Waals surface area contributed by atoms with Gasteiger partial charge in [0.25, 0.3) is 5.69 Å². The molecule has 0 fully saturated rings. The van der Waals surface area contributed by atoms with Crippen LogP contribution >= 0.6 is 11.3 Å². The molecule has 0 radical (unpaired) electrons. The zero-order valence-electron chi connectivity index (χ0n) is 5.11. The van der Waals surface area contributed by atoms with E-state index in [1.807, 2.05) is 0 Å². The Kier molecular flexibility index (Phi) is 1.98. The summed E-state index contributed by atoms with van der Waals surface area (Å²) < 4.78 is 0. The molecule has 0 aliphatic carbocycles. The molecule has 1 aromatic heterocycles. The second-order valence-electron chi connectivity index (χ2n) is 1.73. The highest BCUT2D eigenvalue weighted by atomic mass is 32.1. The van der Waals surface area contributed by atoms with Gasteiger partial charge in [-0.3, -0.25) is 10.1 Å². The molecule has 0 saturated heterocycles. The molecule has 10 heavy (non-hydrogen) atoms. The summed E-state index contributed by atoms with van der Waals surface area (Å²) in [5.41, 5.74) is 5.38. The van der Waals surface area contributed by atoms with Crippen molar-refractivity contribution in [3.63, 3.8) is 0 Å². The second-order valence-corrected chi connectivity index (χ2v) is 2.73. The van der Waals surface area contributed by atoms with Gasteiger partial charge in [0, 0.05) is 17.5 Å². The predicted molar refractivity (Wildman–Crippen MR) is 38.9 cm³/mol. The average Bonchev–Trinajstić information content (AvgIpc) is 2.34. The number of thiophene rings is 1. The van der Waals surface area contributed by atoms with Crippen LogP contribution in [0.3, 0.4) is 0 Å². The fraction of sp³-hybridized carbons (Fsp3) is 0.200. The van der Waals surface area contributed by atoms with Crippen LogP contribution in [0.2, 0.25) is 0 Å². The van der Waals surface area contributed by atoms with Gasteiger partial charge in [-0.25, -0.2) is 0 Å². The lowest BCUT2D eigenvalue weighted by molar-refractivity contribution is -0.384. The third-order valence-electron chi connectivity index (χ3n) is 1.05. The number of hydrogen-bond donors (Lipinski definition) is 1. The van der Waals surface area contributed by atoms with E-state index >= 15 is 0 Å². The van der Waals surface area contributed by atoms with E-state index in [4.69, 9.17) is 5.73 Å². The van der Waals surface area contributed by atoms with Crippen LogP contribution in [0.1, 0.15) is 4.88 Å². The first kappa shape index (κ1) is 7.17. The van der Waals surface area contributed by atoms with E-state index < -0.39 is 4.92 Å². The van der Waals surface area contributed by atoms with Crippen LogP contribution < -0.4 is 5.73 Å². The van der Waals surface area contributed by atoms with Crippen molar-refractivity contribution < 1.29 is 4.92 Å². The maximum absolute atomic E-state index is 10.1. The minimum atomic E-state index is -0.421. The Labute approximate surface area is 61.4 Å². The quantitative estimate of drug-likeness (QED) is 0.517. The Morgan fingerprint density at radius 1 is 1.80 bits per heavy atom. The molecule has 0 atom stereocenters. The molecule has 0 aromatic carbocycles. The molecule has 0 aliphatic heterocycles. The van der Waals surface area contributed by atoms with E-state index in [1.165, 1.54) is 22.8 Å². The molecule has 2 N–H and O–H groups in total. The SMILES string of the molecule is NCc1cc([N+](=O)[O-])cs1. The van der Waals surface area contributed by atoms with Crippen LogP contribution in [-0.2, 0) is 6.54 Å². The maximum atomic E-state index is 10.1. The lowest BCUT2D eigenvalue weighted by Gasteiger charge is -1.81. The fourth-order valence-electron chi connectivity index (χ4n) is 0.572. The third-order valence-corrected chi connectivity index (χ3v) is 2.00. The van der Waals surface area contributed by atoms with E-state index in [0.29, 0.717) is 6.54 Å². The average molecular weight is 158 g/mol. The van der Waals surface area contributed by atoms with Crippen molar-refractivity contribution in [3.8, 4) is 0 Å². The van der Waals surface area contributed by atoms with Crippen molar-refractivity contribution >= 4 is 17.0 Å². The van der Waals surface area contributed by atoms with Gasteiger partial charge < -0.3 is 5.73 Å². The second kappa shape index (κ2) is 2.76. The van der Waals surface area contributed by atoms with Gasteiger partial charge in [0.2, 0.25) is 0 Å². The zero-order chi connectivity index (χ0) is 7.56. The summed E-state index contributed by atoms with van der Waals surface area (Å²) in [5, 5.41) is 11.6. The van der Waals surface area contributed by atoms with E-state index in [9.17, 15) is 10.1 Å². The normalized spacial score (nSPS) is 9.70. The van der Waals surface area contributed by atoms with Gasteiger partial charge in [-0.2, -0.15) is 0 Å². The summed E-state index contributed by atoms with van der Waals surface area (Å²) in [5.74, 6) is 0. The highest BCUT2D eigenvalue weighted by Crippen LogP contribution is 2.20. The summed E-state index contributed by atoms with van der Waals surface area (Å²) in [6, 6.07) is 1.49. The van der Waals surface area contributed by atoms with Crippen LogP contribution in [-0.4, -0.2) is 4.92 Å². The number of nitrogens with two attached hydrogens (primary N) is 1. The van der Waals surface area contributed by atoms with Crippen LogP contribution in [0.5, 0.6) is 0 Å². The highest BCUT2D eigenvalue weighted by Gasteiger charge is 2.06. The monoisotopic (exact) mass is 158 g/mol. The first-order chi connectivity index (χ1) is 4.74. The summed E-state index contributed by atoms with van der Waals surface area (Å²) in [4.78, 5) is 10.5. The molecular weight excluding hydrogens is 152 g/mol. The van der Waals surface area contributed by atoms with E-state index in [-0.39, 0.29) is 5.69 Å². The van der Waals surface area contributed by atoms with Gasteiger partial charge >= 0.3 is 0 Å². The predicted octanol–water partition coefficient (Wildman–Crippen LogP) is 1.11. The summed E-state index contributed by atoms with van der Waals surface area (Å²) in [6.45, 7) is 0.374. The number of nitro groups is 1. The number of nitrogens with zero attached hydrogens (tertiary/aromatic N) is 1. The molecule has 0 bridgehead atoms. The number of rotatable bonds is 2. The fourth-order valence-corrected chi connectivity index (χ4v) is 1.28. The maximum Gasteiger partial charge on any atom is 0.280 e. The molecule has 0 spiro atoms. The topological polar surface area (TPSA) is 69.2 Å². The van der Waals surface area contributed by atoms with Gasteiger partial charge in [-0.15, -0.1) is 11.3 Å². The molecule has 1 rings (SSSR count). The third kappa shape index (κ3) is 1.31. The standard InChI is InChI=1S/C5H6N2O2S/c6-2-5-1-4(3-10-5)7(8)9/h1,3H,2,6H2. The lowest BCUT2D eigenvalue weighted by Crippen LogP contribution is -1.91. The van der Waals surface area contributed by atoms with Gasteiger partial charge in [-0.1, -0.05) is 0 Å². The van der Waals surface area contributed by atoms with Gasteiger partial charge in [0.05, 0.1) is 10.3 Å². The van der Waals surface area contributed by atoms with Crippen molar-refractivity contribution in [2.24, 2.45) is 5.73 Å². The minimum absolute atomic E-state index is 0.130. The molecule has 54 valence electrons. The Balaban J connectivity index is 2.88. The van der Waals surface area contributed by atoms with Crippen molar-refractivity contribution in [1.29, 1.82) is 0 Å². The number of hydrogen-bond acceptors (Lipinski definition) is 4. The van der Waals surface area contributed by atoms with Crippen LogP contribution in [0, 0.1) is 10.1 Å². The molecule has 0 saturated carbocycles. The minimum Gasteiger partial charge on any atom is -0.326 e. The van der Waals surface area contributed by atoms with Crippen molar-refractivity contribution in [3.05, 3.63) is 26.4 Å². The Hall–Kier alpha value is -0.940. The van der Waals surface area contributed by atoms with E-state index in [1.54, 1.807) is 0 Å². The summed E-state index contributed by atoms with van der Waals surface area (Å²) in [6.07, 6.45) is 0. The Bertz CT molecular complexity index is 246. The first-order valence-corrected chi connectivity index (χ1v) is 3.54. The molecule has 0 aliphatic rings. The van der Waals surface area contributed by atoms with Crippen molar-refractivity contribution in [2.75, 3.05) is 0 Å². The highest BCUT2D eigenvalue weighted by molar-refractivity contribution is 7.10. The molecule has 1 heterocycles. The van der Waals surface area contributed by atoms with Crippen LogP contribution in [0.15, 0.2) is 11.4 Å². The zero-order valence-corrected chi connectivity index (χ0v) is 5.93. The molecule has 0 unspecified atom stereocenters. The molecule has 5 heteroatoms. The molecule has 1 aromatic rings. The van der Waals surface area contributed by atoms with Gasteiger partial charge in [0.15, 0.2) is 0 Å². The molecule has 4 nitrogen and oxygen atoms in total. The van der Waals surface area contributed by atoms with Crippen LogP contribution in [0.25, 0.3) is 0 Å².